The fraction of sp³-hybridized carbons (Fsp3) is 0.167. The zero-order valence-electron chi connectivity index (χ0n) is 8.08. The number of allylic oxidation sites excluding steroid dienone is 3. The molecular weight excluding hydrogens is 176 g/mol. The normalized spacial score (nSPS) is 11.4. The summed E-state index contributed by atoms with van der Waals surface area (Å²) in [7, 11) is 0. The summed E-state index contributed by atoms with van der Waals surface area (Å²) < 4.78 is 0. The van der Waals surface area contributed by atoms with Crippen LogP contribution in [0.15, 0.2) is 52.8 Å². The molecule has 0 saturated carbocycles. The van der Waals surface area contributed by atoms with Crippen LogP contribution in [0, 0.1) is 6.92 Å². The fourth-order valence-corrected chi connectivity index (χ4v) is 1.93. The van der Waals surface area contributed by atoms with Gasteiger partial charge in [-0.1, -0.05) is 48.7 Å². The first-order valence-electron chi connectivity index (χ1n) is 4.27. The van der Waals surface area contributed by atoms with Crippen molar-refractivity contribution in [3.05, 3.63) is 53.5 Å². The van der Waals surface area contributed by atoms with Gasteiger partial charge in [0.2, 0.25) is 0 Å². The second-order valence-electron chi connectivity index (χ2n) is 2.88. The van der Waals surface area contributed by atoms with Gasteiger partial charge in [0, 0.05) is 4.90 Å². The van der Waals surface area contributed by atoms with E-state index in [1.165, 1.54) is 15.4 Å². The third kappa shape index (κ3) is 3.11. The highest BCUT2D eigenvalue weighted by Crippen LogP contribution is 2.28. The van der Waals surface area contributed by atoms with Crippen molar-refractivity contribution in [2.75, 3.05) is 0 Å². The lowest BCUT2D eigenvalue weighted by molar-refractivity contribution is 1.30. The zero-order valence-corrected chi connectivity index (χ0v) is 8.90. The van der Waals surface area contributed by atoms with Crippen molar-refractivity contribution in [3.8, 4) is 0 Å². The maximum Gasteiger partial charge on any atom is 0.0148 e. The lowest BCUT2D eigenvalue weighted by Crippen LogP contribution is -1.77. The van der Waals surface area contributed by atoms with E-state index in [4.69, 9.17) is 0 Å². The Kier molecular flexibility index (Phi) is 3.84. The third-order valence-electron chi connectivity index (χ3n) is 1.72. The summed E-state index contributed by atoms with van der Waals surface area (Å²) in [6.07, 6.45) is 3.84. The van der Waals surface area contributed by atoms with Crippen molar-refractivity contribution in [3.63, 3.8) is 0 Å². The highest BCUT2D eigenvalue weighted by Gasteiger charge is 1.97. The summed E-state index contributed by atoms with van der Waals surface area (Å²) in [5.74, 6) is 0. The molecule has 1 rings (SSSR count). The minimum Gasteiger partial charge on any atom is -0.0990 e. The Bertz CT molecular complexity index is 324. The summed E-state index contributed by atoms with van der Waals surface area (Å²) in [5.41, 5.74) is 1.32. The number of benzene rings is 1. The molecule has 0 spiro atoms. The van der Waals surface area contributed by atoms with Gasteiger partial charge in [-0.3, -0.25) is 0 Å². The molecule has 0 unspecified atom stereocenters. The monoisotopic (exact) mass is 190 g/mol. The molecule has 0 amide bonds. The Hall–Kier alpha value is -0.950. The van der Waals surface area contributed by atoms with E-state index in [0.717, 1.165) is 0 Å². The number of hydrogen-bond acceptors (Lipinski definition) is 1. The Morgan fingerprint density at radius 1 is 1.38 bits per heavy atom. The van der Waals surface area contributed by atoms with Gasteiger partial charge in [0.05, 0.1) is 0 Å². The molecule has 0 radical (unpaired) electrons. The predicted molar refractivity (Wildman–Crippen MR) is 61.0 cm³/mol. The lowest BCUT2D eigenvalue weighted by Gasteiger charge is -2.03. The second-order valence-corrected chi connectivity index (χ2v) is 4.17. The molecule has 0 N–H and O–H groups in total. The Morgan fingerprint density at radius 3 is 2.69 bits per heavy atom. The minimum atomic E-state index is 1.27. The number of rotatable bonds is 3. The standard InChI is InChI=1S/C12H14S/c1-4-7-11(3)13-12-9-6-5-8-10(12)2/h4-9H,1H2,2-3H3/b11-7-. The van der Waals surface area contributed by atoms with E-state index in [1.54, 1.807) is 11.8 Å². The molecule has 0 aliphatic carbocycles. The van der Waals surface area contributed by atoms with Gasteiger partial charge in [-0.15, -0.1) is 0 Å². The molecule has 0 aliphatic rings. The summed E-state index contributed by atoms with van der Waals surface area (Å²) in [6, 6.07) is 8.40. The van der Waals surface area contributed by atoms with E-state index in [0.29, 0.717) is 0 Å². The van der Waals surface area contributed by atoms with E-state index >= 15 is 0 Å². The first kappa shape index (κ1) is 10.1. The average Bonchev–Trinajstić information content (AvgIpc) is 2.09. The average molecular weight is 190 g/mol. The second kappa shape index (κ2) is 4.93. The number of thioether (sulfide) groups is 1. The first-order valence-corrected chi connectivity index (χ1v) is 5.08. The van der Waals surface area contributed by atoms with Crippen molar-refractivity contribution in [2.45, 2.75) is 18.7 Å². The molecule has 0 atom stereocenters. The molecule has 1 aromatic rings. The number of hydrogen-bond donors (Lipinski definition) is 0. The maximum atomic E-state index is 3.67. The molecule has 0 nitrogen and oxygen atoms in total. The topological polar surface area (TPSA) is 0 Å². The summed E-state index contributed by atoms with van der Waals surface area (Å²) in [4.78, 5) is 2.59. The summed E-state index contributed by atoms with van der Waals surface area (Å²) in [6.45, 7) is 7.90. The van der Waals surface area contributed by atoms with Crippen LogP contribution >= 0.6 is 11.8 Å². The third-order valence-corrected chi connectivity index (χ3v) is 2.85. The molecule has 0 saturated heterocycles. The maximum absolute atomic E-state index is 3.67. The van der Waals surface area contributed by atoms with Crippen LogP contribution in [-0.2, 0) is 0 Å². The van der Waals surface area contributed by atoms with Crippen molar-refractivity contribution in [2.24, 2.45) is 0 Å². The molecule has 1 aromatic carbocycles. The van der Waals surface area contributed by atoms with Crippen molar-refractivity contribution < 1.29 is 0 Å². The minimum absolute atomic E-state index is 1.27. The van der Waals surface area contributed by atoms with Crippen LogP contribution in [0.3, 0.4) is 0 Å². The highest BCUT2D eigenvalue weighted by atomic mass is 32.2. The first-order chi connectivity index (χ1) is 6.24. The van der Waals surface area contributed by atoms with Crippen LogP contribution in [0.5, 0.6) is 0 Å². The van der Waals surface area contributed by atoms with E-state index in [9.17, 15) is 0 Å². The van der Waals surface area contributed by atoms with Gasteiger partial charge < -0.3 is 0 Å². The lowest BCUT2D eigenvalue weighted by atomic mass is 10.2. The van der Waals surface area contributed by atoms with Gasteiger partial charge >= 0.3 is 0 Å². The van der Waals surface area contributed by atoms with Crippen molar-refractivity contribution in [1.29, 1.82) is 0 Å². The number of aryl methyl sites for hydroxylation is 1. The fourth-order valence-electron chi connectivity index (χ4n) is 1.04. The molecule has 0 fully saturated rings. The quantitative estimate of drug-likeness (QED) is 0.509. The highest BCUT2D eigenvalue weighted by molar-refractivity contribution is 8.03. The molecule has 0 heterocycles. The van der Waals surface area contributed by atoms with Crippen LogP contribution in [0.1, 0.15) is 12.5 Å². The largest absolute Gasteiger partial charge is 0.0990 e. The van der Waals surface area contributed by atoms with E-state index in [-0.39, 0.29) is 0 Å². The summed E-state index contributed by atoms with van der Waals surface area (Å²) >= 11 is 1.78. The van der Waals surface area contributed by atoms with Crippen LogP contribution in [0.4, 0.5) is 0 Å². The van der Waals surface area contributed by atoms with Crippen LogP contribution in [-0.4, -0.2) is 0 Å². The summed E-state index contributed by atoms with van der Waals surface area (Å²) in [5, 5.41) is 0. The Morgan fingerprint density at radius 2 is 2.08 bits per heavy atom. The molecule has 0 aliphatic heterocycles. The van der Waals surface area contributed by atoms with E-state index in [1.807, 2.05) is 12.2 Å². The molecule has 13 heavy (non-hydrogen) atoms. The SMILES string of the molecule is C=C/C=C(/C)Sc1ccccc1C. The van der Waals surface area contributed by atoms with Gasteiger partial charge in [-0.2, -0.15) is 0 Å². The van der Waals surface area contributed by atoms with Crippen LogP contribution in [0.25, 0.3) is 0 Å². The van der Waals surface area contributed by atoms with Gasteiger partial charge in [0.1, 0.15) is 0 Å². The van der Waals surface area contributed by atoms with E-state index < -0.39 is 0 Å². The van der Waals surface area contributed by atoms with Gasteiger partial charge in [-0.05, 0) is 30.4 Å². The van der Waals surface area contributed by atoms with E-state index in [2.05, 4.69) is 44.7 Å². The van der Waals surface area contributed by atoms with Gasteiger partial charge in [0.25, 0.3) is 0 Å². The van der Waals surface area contributed by atoms with Gasteiger partial charge in [0.15, 0.2) is 0 Å². The predicted octanol–water partition coefficient (Wildman–Crippen LogP) is 4.18. The zero-order chi connectivity index (χ0) is 9.68. The van der Waals surface area contributed by atoms with Crippen LogP contribution < -0.4 is 0 Å². The molecule has 0 aromatic heterocycles. The van der Waals surface area contributed by atoms with Crippen LogP contribution in [0.2, 0.25) is 0 Å². The molecule has 0 bridgehead atoms. The Labute approximate surface area is 84.4 Å². The molecule has 68 valence electrons. The smallest absolute Gasteiger partial charge is 0.0148 e. The molecule has 1 heteroatoms. The van der Waals surface area contributed by atoms with Crippen molar-refractivity contribution >= 4 is 11.8 Å². The Balaban J connectivity index is 2.80. The van der Waals surface area contributed by atoms with Crippen molar-refractivity contribution in [1.82, 2.24) is 0 Å². The molecular formula is C12H14S. The van der Waals surface area contributed by atoms with Gasteiger partial charge in [-0.25, -0.2) is 0 Å².